The van der Waals surface area contributed by atoms with Gasteiger partial charge in [-0.2, -0.15) is 5.10 Å². The second-order valence-electron chi connectivity index (χ2n) is 6.29. The molecule has 1 amide bonds. The molecule has 2 aromatic rings. The zero-order chi connectivity index (χ0) is 20.1. The van der Waals surface area contributed by atoms with Crippen molar-refractivity contribution in [1.82, 2.24) is 20.0 Å². The Bertz CT molecular complexity index is 907. The summed E-state index contributed by atoms with van der Waals surface area (Å²) < 4.78 is 12.7. The highest BCUT2D eigenvalue weighted by molar-refractivity contribution is 7.80. The van der Waals surface area contributed by atoms with Gasteiger partial charge in [0.25, 0.3) is 5.91 Å². The second kappa shape index (κ2) is 8.99. The SMILES string of the molecule is CCOCc1cc(/C=C2/NC(=S)N(Cc3cnn(CC)c3)C2=O)ccc1OC. The van der Waals surface area contributed by atoms with Crippen molar-refractivity contribution in [2.75, 3.05) is 13.7 Å². The molecule has 3 rings (SSSR count). The Labute approximate surface area is 169 Å². The number of amides is 1. The zero-order valence-electron chi connectivity index (χ0n) is 16.3. The van der Waals surface area contributed by atoms with Gasteiger partial charge in [0, 0.05) is 30.5 Å². The Morgan fingerprint density at radius 3 is 2.82 bits per heavy atom. The molecule has 28 heavy (non-hydrogen) atoms. The van der Waals surface area contributed by atoms with Gasteiger partial charge in [-0.3, -0.25) is 14.4 Å². The van der Waals surface area contributed by atoms with Gasteiger partial charge in [0.15, 0.2) is 5.11 Å². The maximum Gasteiger partial charge on any atom is 0.276 e. The molecule has 0 aliphatic carbocycles. The number of ether oxygens (including phenoxy) is 2. The molecule has 0 spiro atoms. The first kappa shape index (κ1) is 20.0. The Morgan fingerprint density at radius 2 is 2.14 bits per heavy atom. The largest absolute Gasteiger partial charge is 0.496 e. The number of rotatable bonds is 8. The third-order valence-electron chi connectivity index (χ3n) is 4.39. The van der Waals surface area contributed by atoms with Crippen molar-refractivity contribution < 1.29 is 14.3 Å². The van der Waals surface area contributed by atoms with Crippen LogP contribution in [0, 0.1) is 0 Å². The summed E-state index contributed by atoms with van der Waals surface area (Å²) in [4.78, 5) is 14.4. The average molecular weight is 401 g/mol. The van der Waals surface area contributed by atoms with Gasteiger partial charge in [-0.1, -0.05) is 6.07 Å². The van der Waals surface area contributed by atoms with Crippen LogP contribution >= 0.6 is 12.2 Å². The lowest BCUT2D eigenvalue weighted by Crippen LogP contribution is -2.29. The van der Waals surface area contributed by atoms with E-state index in [1.165, 1.54) is 0 Å². The van der Waals surface area contributed by atoms with Crippen LogP contribution in [0.15, 0.2) is 36.3 Å². The lowest BCUT2D eigenvalue weighted by molar-refractivity contribution is -0.122. The van der Waals surface area contributed by atoms with E-state index in [0.29, 0.717) is 30.6 Å². The van der Waals surface area contributed by atoms with Crippen LogP contribution in [-0.4, -0.2) is 39.4 Å². The molecule has 0 unspecified atom stereocenters. The molecular formula is C20H24N4O3S. The number of nitrogens with zero attached hydrogens (tertiary/aromatic N) is 3. The summed E-state index contributed by atoms with van der Waals surface area (Å²) in [5.74, 6) is 0.600. The summed E-state index contributed by atoms with van der Waals surface area (Å²) in [6.07, 6.45) is 5.46. The van der Waals surface area contributed by atoms with Gasteiger partial charge in [0.1, 0.15) is 11.4 Å². The van der Waals surface area contributed by atoms with Gasteiger partial charge in [-0.05, 0) is 49.8 Å². The molecule has 1 aliphatic heterocycles. The first-order valence-electron chi connectivity index (χ1n) is 9.16. The summed E-state index contributed by atoms with van der Waals surface area (Å²) in [6, 6.07) is 5.72. The second-order valence-corrected chi connectivity index (χ2v) is 6.68. The summed E-state index contributed by atoms with van der Waals surface area (Å²) in [7, 11) is 1.63. The van der Waals surface area contributed by atoms with Gasteiger partial charge < -0.3 is 14.8 Å². The van der Waals surface area contributed by atoms with Crippen molar-refractivity contribution in [2.24, 2.45) is 0 Å². The number of hydrogen-bond acceptors (Lipinski definition) is 5. The van der Waals surface area contributed by atoms with E-state index >= 15 is 0 Å². The quantitative estimate of drug-likeness (QED) is 0.543. The van der Waals surface area contributed by atoms with Gasteiger partial charge in [0.2, 0.25) is 0 Å². The highest BCUT2D eigenvalue weighted by atomic mass is 32.1. The Balaban J connectivity index is 1.79. The minimum Gasteiger partial charge on any atom is -0.496 e. The van der Waals surface area contributed by atoms with Gasteiger partial charge >= 0.3 is 0 Å². The molecule has 7 nitrogen and oxygen atoms in total. The van der Waals surface area contributed by atoms with Crippen molar-refractivity contribution in [1.29, 1.82) is 0 Å². The number of aryl methyl sites for hydroxylation is 1. The van der Waals surface area contributed by atoms with E-state index in [2.05, 4.69) is 10.4 Å². The molecule has 0 atom stereocenters. The number of hydrogen-bond donors (Lipinski definition) is 1. The van der Waals surface area contributed by atoms with Crippen molar-refractivity contribution in [3.8, 4) is 5.75 Å². The fraction of sp³-hybridized carbons (Fsp3) is 0.350. The molecule has 0 saturated carbocycles. The lowest BCUT2D eigenvalue weighted by Gasteiger charge is -2.12. The molecule has 148 valence electrons. The minimum absolute atomic E-state index is 0.156. The van der Waals surface area contributed by atoms with E-state index in [4.69, 9.17) is 21.7 Å². The van der Waals surface area contributed by atoms with Crippen LogP contribution < -0.4 is 10.1 Å². The van der Waals surface area contributed by atoms with E-state index in [-0.39, 0.29) is 5.91 Å². The van der Waals surface area contributed by atoms with E-state index in [1.54, 1.807) is 24.3 Å². The molecular weight excluding hydrogens is 376 g/mol. The molecule has 1 saturated heterocycles. The first-order chi connectivity index (χ1) is 13.5. The van der Waals surface area contributed by atoms with E-state index < -0.39 is 0 Å². The highest BCUT2D eigenvalue weighted by Gasteiger charge is 2.30. The van der Waals surface area contributed by atoms with Crippen LogP contribution in [0.4, 0.5) is 0 Å². The van der Waals surface area contributed by atoms with Crippen LogP contribution in [0.1, 0.15) is 30.5 Å². The normalized spacial score (nSPS) is 15.4. The molecule has 1 N–H and O–H groups in total. The van der Waals surface area contributed by atoms with Crippen molar-refractivity contribution in [2.45, 2.75) is 33.5 Å². The summed E-state index contributed by atoms with van der Waals surface area (Å²) in [5, 5.41) is 7.65. The maximum absolute atomic E-state index is 12.8. The number of aromatic nitrogens is 2. The summed E-state index contributed by atoms with van der Waals surface area (Å²) in [5.41, 5.74) is 3.18. The highest BCUT2D eigenvalue weighted by Crippen LogP contribution is 2.23. The maximum atomic E-state index is 12.8. The molecule has 1 fully saturated rings. The first-order valence-corrected chi connectivity index (χ1v) is 9.57. The van der Waals surface area contributed by atoms with Crippen molar-refractivity contribution >= 4 is 29.3 Å². The van der Waals surface area contributed by atoms with E-state index in [9.17, 15) is 4.79 Å². The predicted molar refractivity (Wildman–Crippen MR) is 110 cm³/mol. The number of carbonyl (C=O) groups excluding carboxylic acids is 1. The van der Waals surface area contributed by atoms with Crippen molar-refractivity contribution in [3.05, 3.63) is 53.0 Å². The molecule has 8 heteroatoms. The Hall–Kier alpha value is -2.71. The summed E-state index contributed by atoms with van der Waals surface area (Å²) >= 11 is 5.35. The monoisotopic (exact) mass is 400 g/mol. The zero-order valence-corrected chi connectivity index (χ0v) is 17.1. The molecule has 2 heterocycles. The van der Waals surface area contributed by atoms with Gasteiger partial charge in [-0.15, -0.1) is 0 Å². The number of thiocarbonyl (C=S) groups is 1. The van der Waals surface area contributed by atoms with Crippen molar-refractivity contribution in [3.63, 3.8) is 0 Å². The number of nitrogens with one attached hydrogen (secondary N) is 1. The third-order valence-corrected chi connectivity index (χ3v) is 4.71. The van der Waals surface area contributed by atoms with Crippen LogP contribution in [-0.2, 0) is 29.2 Å². The molecule has 1 aromatic heterocycles. The van der Waals surface area contributed by atoms with Crippen LogP contribution in [0.5, 0.6) is 5.75 Å². The fourth-order valence-electron chi connectivity index (χ4n) is 2.94. The molecule has 0 radical (unpaired) electrons. The summed E-state index contributed by atoms with van der Waals surface area (Å²) in [6.45, 7) is 6.19. The van der Waals surface area contributed by atoms with Gasteiger partial charge in [-0.25, -0.2) is 0 Å². The van der Waals surface area contributed by atoms with Crippen LogP contribution in [0.25, 0.3) is 6.08 Å². The standard InChI is InChI=1S/C20H24N4O3S/c1-4-23-11-15(10-21-23)12-24-19(25)17(22-20(24)28)9-14-6-7-18(26-3)16(8-14)13-27-5-2/h6-11H,4-5,12-13H2,1-3H3,(H,22,28)/b17-9+. The van der Waals surface area contributed by atoms with Gasteiger partial charge in [0.05, 0.1) is 26.5 Å². The molecule has 1 aromatic carbocycles. The smallest absolute Gasteiger partial charge is 0.276 e. The lowest BCUT2D eigenvalue weighted by atomic mass is 10.1. The fourth-order valence-corrected chi connectivity index (χ4v) is 3.20. The number of benzene rings is 1. The number of carbonyl (C=O) groups is 1. The van der Waals surface area contributed by atoms with Crippen LogP contribution in [0.2, 0.25) is 0 Å². The Morgan fingerprint density at radius 1 is 1.32 bits per heavy atom. The third kappa shape index (κ3) is 4.40. The predicted octanol–water partition coefficient (Wildman–Crippen LogP) is 2.71. The molecule has 0 bridgehead atoms. The van der Waals surface area contributed by atoms with E-state index in [1.807, 2.05) is 42.9 Å². The Kier molecular flexibility index (Phi) is 6.43. The topological polar surface area (TPSA) is 68.6 Å². The average Bonchev–Trinajstić information content (AvgIpc) is 3.26. The van der Waals surface area contributed by atoms with Crippen LogP contribution in [0.3, 0.4) is 0 Å². The minimum atomic E-state index is -0.156. The van der Waals surface area contributed by atoms with E-state index in [0.717, 1.165) is 29.0 Å². The molecule has 1 aliphatic rings. The number of methoxy groups -OCH3 is 1.